The normalized spacial score (nSPS) is 16.2. The van der Waals surface area contributed by atoms with Crippen molar-refractivity contribution in [3.63, 3.8) is 0 Å². The highest BCUT2D eigenvalue weighted by Crippen LogP contribution is 2.40. The fourth-order valence-electron chi connectivity index (χ4n) is 6.84. The van der Waals surface area contributed by atoms with E-state index in [1.807, 2.05) is 61.6 Å². The minimum atomic E-state index is -0.190. The molecule has 0 aliphatic heterocycles. The molecule has 0 saturated heterocycles. The van der Waals surface area contributed by atoms with Crippen molar-refractivity contribution in [1.82, 2.24) is 0 Å². The van der Waals surface area contributed by atoms with Crippen LogP contribution in [0.3, 0.4) is 0 Å². The maximum atomic E-state index is 6.93. The van der Waals surface area contributed by atoms with Crippen molar-refractivity contribution in [2.24, 2.45) is 11.7 Å². The van der Waals surface area contributed by atoms with E-state index in [-0.39, 0.29) is 5.41 Å². The molecule has 0 aromatic heterocycles. The Morgan fingerprint density at radius 1 is 0.783 bits per heavy atom. The SMILES string of the molecule is C=C/C=C\C.C=C1/C=C\C=C/Cc2cc3c(N)c(NC4=CC4C/C=C/c4ccccc4)ccccccc3cc2C1(C)C.N/C=C\C=C\c1ccccc1-c1ccccc1. The van der Waals surface area contributed by atoms with Gasteiger partial charge < -0.3 is 16.8 Å². The highest BCUT2D eigenvalue weighted by atomic mass is 14.9. The first kappa shape index (κ1) is 44.0. The molecule has 60 heavy (non-hydrogen) atoms. The molecule has 7 rings (SSSR count). The first-order valence-corrected chi connectivity index (χ1v) is 20.6. The number of rotatable bonds is 9. The Labute approximate surface area is 358 Å². The summed E-state index contributed by atoms with van der Waals surface area (Å²) < 4.78 is 0. The zero-order valence-corrected chi connectivity index (χ0v) is 35.3. The van der Waals surface area contributed by atoms with Crippen LogP contribution in [0, 0.1) is 5.92 Å². The Kier molecular flexibility index (Phi) is 16.7. The highest BCUT2D eigenvalue weighted by molar-refractivity contribution is 5.98. The van der Waals surface area contributed by atoms with E-state index in [2.05, 4.69) is 184 Å². The maximum absolute atomic E-state index is 6.93. The van der Waals surface area contributed by atoms with Crippen molar-refractivity contribution in [3.05, 3.63) is 253 Å². The Hall–Kier alpha value is -7.10. The summed E-state index contributed by atoms with van der Waals surface area (Å²) in [6.45, 7) is 14.3. The van der Waals surface area contributed by atoms with Crippen molar-refractivity contribution in [3.8, 4) is 11.1 Å². The molecule has 0 amide bonds. The van der Waals surface area contributed by atoms with Crippen molar-refractivity contribution in [1.29, 1.82) is 0 Å². The average molecular weight is 786 g/mol. The second-order valence-electron chi connectivity index (χ2n) is 15.0. The smallest absolute Gasteiger partial charge is 0.0633 e. The van der Waals surface area contributed by atoms with Gasteiger partial charge in [-0.25, -0.2) is 0 Å². The lowest BCUT2D eigenvalue weighted by Gasteiger charge is -2.29. The van der Waals surface area contributed by atoms with E-state index in [4.69, 9.17) is 11.5 Å². The first-order valence-electron chi connectivity index (χ1n) is 20.6. The standard InChI is InChI=1S/C36H36N2.C16H15N.C5H8/c1-26-15-8-6-12-20-29-23-31-28(24-32(29)36(26,2)3)19-11-4-5-13-22-33(35(31)37)38-34-25-30(34)21-14-18-27-16-9-7-10-17-27;17-13-7-6-11-15-10-4-5-12-16(15)14-8-2-1-3-9-14;1-3-5-4-2/h4-19,22-25,30,38H,1,20-21,37H2,2-3H3;1-13H,17H2;3-5H,1H2,2H3/b5-4?,11-4?,12-6-,13-5?,15-8-,18-14+,19-11?,22-13?,28-19?,33-22?,35-31?,35-33?;11-6+,13-7-;5-4-. The van der Waals surface area contributed by atoms with Crippen LogP contribution in [0.4, 0.5) is 11.4 Å². The topological polar surface area (TPSA) is 64.1 Å². The summed E-state index contributed by atoms with van der Waals surface area (Å²) in [4.78, 5) is 0. The molecule has 0 spiro atoms. The molecule has 1 unspecified atom stereocenters. The van der Waals surface area contributed by atoms with E-state index in [0.717, 1.165) is 40.6 Å². The monoisotopic (exact) mass is 785 g/mol. The van der Waals surface area contributed by atoms with Crippen LogP contribution in [0.2, 0.25) is 0 Å². The molecule has 0 saturated carbocycles. The van der Waals surface area contributed by atoms with Gasteiger partial charge in [0.25, 0.3) is 0 Å². The molecule has 3 heteroatoms. The van der Waals surface area contributed by atoms with Gasteiger partial charge in [0.15, 0.2) is 0 Å². The van der Waals surface area contributed by atoms with Crippen LogP contribution in [-0.2, 0) is 11.8 Å². The number of nitrogens with two attached hydrogens (primary N) is 2. The van der Waals surface area contributed by atoms with Gasteiger partial charge in [-0.05, 0) is 94.6 Å². The predicted octanol–water partition coefficient (Wildman–Crippen LogP) is 14.7. The van der Waals surface area contributed by atoms with Crippen LogP contribution in [-0.4, -0.2) is 0 Å². The predicted molar refractivity (Wildman–Crippen MR) is 265 cm³/mol. The summed E-state index contributed by atoms with van der Waals surface area (Å²) in [5, 5.41) is 5.79. The molecule has 0 fully saturated rings. The molecule has 1 atom stereocenters. The van der Waals surface area contributed by atoms with Gasteiger partial charge in [-0.3, -0.25) is 0 Å². The number of nitrogens with one attached hydrogen (secondary N) is 1. The quantitative estimate of drug-likeness (QED) is 0.130. The van der Waals surface area contributed by atoms with Gasteiger partial charge in [0.1, 0.15) is 0 Å². The number of fused-ring (bicyclic) bond motifs is 2. The lowest BCUT2D eigenvalue weighted by atomic mass is 9.75. The number of benzene rings is 4. The van der Waals surface area contributed by atoms with E-state index in [1.54, 1.807) is 6.08 Å². The van der Waals surface area contributed by atoms with Gasteiger partial charge in [-0.1, -0.05) is 215 Å². The molecule has 2 aliphatic rings. The molecule has 0 heterocycles. The van der Waals surface area contributed by atoms with E-state index in [9.17, 15) is 0 Å². The van der Waals surface area contributed by atoms with Crippen LogP contribution in [0.15, 0.2) is 231 Å². The third-order valence-electron chi connectivity index (χ3n) is 10.4. The molecule has 0 bridgehead atoms. The van der Waals surface area contributed by atoms with Gasteiger partial charge in [-0.15, -0.1) is 0 Å². The van der Waals surface area contributed by atoms with Crippen molar-refractivity contribution < 1.29 is 0 Å². The summed E-state index contributed by atoms with van der Waals surface area (Å²) >= 11 is 0. The largest absolute Gasteiger partial charge is 0.405 e. The summed E-state index contributed by atoms with van der Waals surface area (Å²) in [5.41, 5.74) is 23.5. The average Bonchev–Trinajstić information content (AvgIpc) is 4.01. The molecule has 2 aliphatic carbocycles. The zero-order chi connectivity index (χ0) is 42.6. The van der Waals surface area contributed by atoms with Gasteiger partial charge in [0.2, 0.25) is 0 Å². The molecule has 3 nitrogen and oxygen atoms in total. The Balaban J connectivity index is 0.000000256. The Morgan fingerprint density at radius 2 is 1.47 bits per heavy atom. The molecule has 5 aromatic carbocycles. The molecular formula is C57H59N3. The third kappa shape index (κ3) is 12.7. The Morgan fingerprint density at radius 3 is 2.18 bits per heavy atom. The van der Waals surface area contributed by atoms with E-state index in [0.29, 0.717) is 5.92 Å². The first-order chi connectivity index (χ1) is 29.3. The van der Waals surface area contributed by atoms with Crippen molar-refractivity contribution in [2.75, 3.05) is 11.1 Å². The molecule has 5 N–H and O–H groups in total. The van der Waals surface area contributed by atoms with E-state index >= 15 is 0 Å². The molecule has 0 radical (unpaired) electrons. The lowest BCUT2D eigenvalue weighted by Crippen LogP contribution is -2.20. The summed E-state index contributed by atoms with van der Waals surface area (Å²) in [6.07, 6.45) is 30.0. The van der Waals surface area contributed by atoms with Crippen molar-refractivity contribution in [2.45, 2.75) is 39.0 Å². The summed E-state index contributed by atoms with van der Waals surface area (Å²) in [6, 6.07) is 46.1. The minimum absolute atomic E-state index is 0.190. The van der Waals surface area contributed by atoms with E-state index < -0.39 is 0 Å². The summed E-state index contributed by atoms with van der Waals surface area (Å²) in [7, 11) is 0. The van der Waals surface area contributed by atoms with Crippen LogP contribution in [0.25, 0.3) is 34.1 Å². The number of allylic oxidation sites excluding steroid dienone is 13. The lowest BCUT2D eigenvalue weighted by molar-refractivity contribution is 0.636. The number of hydrogen-bond donors (Lipinski definition) is 3. The molecular weight excluding hydrogens is 727 g/mol. The fourth-order valence-corrected chi connectivity index (χ4v) is 6.84. The minimum Gasteiger partial charge on any atom is -0.405 e. The highest BCUT2D eigenvalue weighted by Gasteiger charge is 2.27. The molecule has 5 aromatic rings. The van der Waals surface area contributed by atoms with Gasteiger partial charge in [-0.2, -0.15) is 0 Å². The van der Waals surface area contributed by atoms with Gasteiger partial charge >= 0.3 is 0 Å². The Bertz CT molecular complexity index is 2490. The number of anilines is 2. The zero-order valence-electron chi connectivity index (χ0n) is 35.3. The second kappa shape index (κ2) is 22.7. The van der Waals surface area contributed by atoms with Gasteiger partial charge in [0, 0.05) is 22.4 Å². The number of hydrogen-bond acceptors (Lipinski definition) is 3. The van der Waals surface area contributed by atoms with Crippen LogP contribution >= 0.6 is 0 Å². The fraction of sp³-hybridized carbons (Fsp3) is 0.123. The van der Waals surface area contributed by atoms with Crippen molar-refractivity contribution >= 4 is 34.3 Å². The van der Waals surface area contributed by atoms with E-state index in [1.165, 1.54) is 45.3 Å². The van der Waals surface area contributed by atoms with Crippen LogP contribution in [0.5, 0.6) is 0 Å². The maximum Gasteiger partial charge on any atom is 0.0633 e. The number of nitrogen functional groups attached to an aromatic ring is 1. The molecule has 302 valence electrons. The van der Waals surface area contributed by atoms with Gasteiger partial charge in [0.05, 0.1) is 11.4 Å². The second-order valence-corrected chi connectivity index (χ2v) is 15.0. The summed E-state index contributed by atoms with van der Waals surface area (Å²) in [5.74, 6) is 0.415. The third-order valence-corrected chi connectivity index (χ3v) is 10.4. The van der Waals surface area contributed by atoms with Crippen LogP contribution in [0.1, 0.15) is 49.4 Å². The van der Waals surface area contributed by atoms with Crippen LogP contribution < -0.4 is 16.8 Å².